The number of hydrogen-bond donors (Lipinski definition) is 1. The molecule has 1 aliphatic carbocycles. The third-order valence-corrected chi connectivity index (χ3v) is 5.13. The van der Waals surface area contributed by atoms with Crippen LogP contribution < -0.4 is 5.32 Å². The number of rotatable bonds is 5. The van der Waals surface area contributed by atoms with Crippen LogP contribution in [0.15, 0.2) is 18.2 Å². The molecule has 27 heavy (non-hydrogen) atoms. The van der Waals surface area contributed by atoms with E-state index in [0.29, 0.717) is 37.8 Å². The van der Waals surface area contributed by atoms with E-state index in [-0.39, 0.29) is 12.0 Å². The quantitative estimate of drug-likeness (QED) is 0.855. The summed E-state index contributed by atoms with van der Waals surface area (Å²) in [6.45, 7) is 5.34. The Morgan fingerprint density at radius 3 is 2.74 bits per heavy atom. The van der Waals surface area contributed by atoms with E-state index in [1.165, 1.54) is 6.07 Å². The zero-order valence-corrected chi connectivity index (χ0v) is 15.5. The normalized spacial score (nSPS) is 18.7. The van der Waals surface area contributed by atoms with Crippen LogP contribution in [0.5, 0.6) is 0 Å². The Hall–Kier alpha value is -2.12. The number of nitrogens with one attached hydrogen (secondary N) is 1. The Balaban J connectivity index is 1.64. The molecule has 1 N–H and O–H groups in total. The number of fused-ring (bicyclic) bond motifs is 1. The maximum absolute atomic E-state index is 14.0. The summed E-state index contributed by atoms with van der Waals surface area (Å²) in [6, 6.07) is 5.12. The van der Waals surface area contributed by atoms with Gasteiger partial charge in [0.05, 0.1) is 24.5 Å². The van der Waals surface area contributed by atoms with Crippen LogP contribution in [0.1, 0.15) is 53.4 Å². The molecule has 1 aromatic heterocycles. The molecule has 2 heterocycles. The van der Waals surface area contributed by atoms with E-state index in [1.54, 1.807) is 6.07 Å². The van der Waals surface area contributed by atoms with Crippen molar-refractivity contribution in [3.8, 4) is 0 Å². The second-order valence-electron chi connectivity index (χ2n) is 6.91. The number of benzene rings is 1. The molecule has 0 spiro atoms. The molecule has 0 amide bonds. The molecule has 0 bridgehead atoms. The van der Waals surface area contributed by atoms with E-state index in [2.05, 4.69) is 15.3 Å². The first-order chi connectivity index (χ1) is 13.0. The maximum Gasteiger partial charge on any atom is 0.273 e. The number of aryl methyl sites for hydroxylation is 2. The number of nitrogens with zero attached hydrogens (tertiary/aromatic N) is 2. The van der Waals surface area contributed by atoms with Crippen molar-refractivity contribution < 1.29 is 18.3 Å². The Morgan fingerprint density at radius 1 is 1.22 bits per heavy atom. The minimum Gasteiger partial charge on any atom is -0.365 e. The Kier molecular flexibility index (Phi) is 4.82. The van der Waals surface area contributed by atoms with Gasteiger partial charge in [0.15, 0.2) is 6.29 Å². The summed E-state index contributed by atoms with van der Waals surface area (Å²) in [5.74, 6) is -1.43. The zero-order valence-electron chi connectivity index (χ0n) is 15.5. The van der Waals surface area contributed by atoms with E-state index in [9.17, 15) is 8.78 Å². The van der Waals surface area contributed by atoms with Crippen molar-refractivity contribution in [3.05, 3.63) is 52.0 Å². The molecular formula is C20H23F2N3O2. The molecule has 2 aromatic rings. The summed E-state index contributed by atoms with van der Waals surface area (Å²) in [6.07, 6.45) is 0.504. The highest BCUT2D eigenvalue weighted by molar-refractivity contribution is 5.50. The van der Waals surface area contributed by atoms with E-state index >= 15 is 0 Å². The first-order valence-electron chi connectivity index (χ1n) is 9.33. The van der Waals surface area contributed by atoms with Gasteiger partial charge in [-0.2, -0.15) is 0 Å². The average Bonchev–Trinajstić information content (AvgIpc) is 3.28. The summed E-state index contributed by atoms with van der Waals surface area (Å²) in [5.41, 5.74) is 3.45. The monoisotopic (exact) mass is 375 g/mol. The predicted octanol–water partition coefficient (Wildman–Crippen LogP) is 4.04. The summed E-state index contributed by atoms with van der Waals surface area (Å²) in [5, 5.41) is 3.32. The third-order valence-electron chi connectivity index (χ3n) is 5.13. The van der Waals surface area contributed by atoms with Gasteiger partial charge in [-0.3, -0.25) is 0 Å². The fraction of sp³-hybridized carbons (Fsp3) is 0.500. The number of hydrogen-bond acceptors (Lipinski definition) is 5. The van der Waals surface area contributed by atoms with E-state index in [0.717, 1.165) is 28.8 Å². The van der Waals surface area contributed by atoms with E-state index in [1.807, 2.05) is 19.9 Å². The smallest absolute Gasteiger partial charge is 0.273 e. The maximum atomic E-state index is 14.0. The molecule has 0 unspecified atom stereocenters. The largest absolute Gasteiger partial charge is 0.365 e. The minimum absolute atomic E-state index is 0.124. The number of ether oxygens (including phenoxy) is 2. The zero-order chi connectivity index (χ0) is 19.0. The molecule has 1 aromatic carbocycles. The van der Waals surface area contributed by atoms with Crippen LogP contribution in [0.3, 0.4) is 0 Å². The van der Waals surface area contributed by atoms with Crippen LogP contribution in [0, 0.1) is 6.92 Å². The summed E-state index contributed by atoms with van der Waals surface area (Å²) in [7, 11) is 0. The SMILES string of the molecule is CCc1nc(C)nc(NCc2cccc3c2CCC3(F)F)c1C1OCCO1. The van der Waals surface area contributed by atoms with E-state index in [4.69, 9.17) is 9.47 Å². The number of anilines is 1. The van der Waals surface area contributed by atoms with Gasteiger partial charge in [-0.05, 0) is 30.9 Å². The minimum atomic E-state index is -2.73. The Morgan fingerprint density at radius 2 is 2.00 bits per heavy atom. The van der Waals surface area contributed by atoms with Gasteiger partial charge in [0.1, 0.15) is 11.6 Å². The molecule has 1 saturated heterocycles. The standard InChI is InChI=1S/C20H23F2N3O2/c1-3-16-17(19-26-9-10-27-19)18(25-12(2)24-16)23-11-13-5-4-6-15-14(13)7-8-20(15,21)22/h4-6,19H,3,7-11H2,1-2H3,(H,23,24,25). The van der Waals surface area contributed by atoms with Gasteiger partial charge in [0.2, 0.25) is 0 Å². The second kappa shape index (κ2) is 7.13. The average molecular weight is 375 g/mol. The van der Waals surface area contributed by atoms with Crippen molar-refractivity contribution in [1.29, 1.82) is 0 Å². The number of aromatic nitrogens is 2. The van der Waals surface area contributed by atoms with Crippen LogP contribution in [0.2, 0.25) is 0 Å². The molecule has 0 radical (unpaired) electrons. The van der Waals surface area contributed by atoms with Crippen molar-refractivity contribution in [2.24, 2.45) is 0 Å². The second-order valence-corrected chi connectivity index (χ2v) is 6.91. The molecule has 5 nitrogen and oxygen atoms in total. The van der Waals surface area contributed by atoms with Crippen LogP contribution in [0.4, 0.5) is 14.6 Å². The van der Waals surface area contributed by atoms with Gasteiger partial charge in [0.25, 0.3) is 5.92 Å². The van der Waals surface area contributed by atoms with Gasteiger partial charge in [-0.25, -0.2) is 18.7 Å². The predicted molar refractivity (Wildman–Crippen MR) is 96.8 cm³/mol. The van der Waals surface area contributed by atoms with Gasteiger partial charge in [0, 0.05) is 18.5 Å². The van der Waals surface area contributed by atoms with Crippen molar-refractivity contribution in [3.63, 3.8) is 0 Å². The fourth-order valence-corrected chi connectivity index (χ4v) is 3.85. The van der Waals surface area contributed by atoms with Crippen LogP contribution in [-0.2, 0) is 34.8 Å². The van der Waals surface area contributed by atoms with Gasteiger partial charge in [-0.1, -0.05) is 25.1 Å². The van der Waals surface area contributed by atoms with Crippen LogP contribution in [0.25, 0.3) is 0 Å². The molecule has 7 heteroatoms. The number of halogens is 2. The van der Waals surface area contributed by atoms with Gasteiger partial charge < -0.3 is 14.8 Å². The summed E-state index contributed by atoms with van der Waals surface area (Å²) in [4.78, 5) is 9.05. The molecule has 1 aliphatic heterocycles. The lowest BCUT2D eigenvalue weighted by atomic mass is 10.0. The molecular weight excluding hydrogens is 352 g/mol. The molecule has 1 fully saturated rings. The fourth-order valence-electron chi connectivity index (χ4n) is 3.85. The van der Waals surface area contributed by atoms with Gasteiger partial charge >= 0.3 is 0 Å². The number of alkyl halides is 2. The molecule has 2 aliphatic rings. The van der Waals surface area contributed by atoms with Crippen molar-refractivity contribution >= 4 is 5.82 Å². The highest BCUT2D eigenvalue weighted by atomic mass is 19.3. The third kappa shape index (κ3) is 3.41. The van der Waals surface area contributed by atoms with Gasteiger partial charge in [-0.15, -0.1) is 0 Å². The molecule has 0 atom stereocenters. The van der Waals surface area contributed by atoms with Crippen molar-refractivity contribution in [2.75, 3.05) is 18.5 Å². The topological polar surface area (TPSA) is 56.3 Å². The van der Waals surface area contributed by atoms with Crippen molar-refractivity contribution in [2.45, 2.75) is 51.9 Å². The highest BCUT2D eigenvalue weighted by Gasteiger charge is 2.39. The Bertz CT molecular complexity index is 851. The molecule has 0 saturated carbocycles. The highest BCUT2D eigenvalue weighted by Crippen LogP contribution is 2.43. The lowest BCUT2D eigenvalue weighted by molar-refractivity contribution is -0.0446. The summed E-state index contributed by atoms with van der Waals surface area (Å²) >= 11 is 0. The molecule has 144 valence electrons. The van der Waals surface area contributed by atoms with Crippen LogP contribution >= 0.6 is 0 Å². The molecule has 4 rings (SSSR count). The van der Waals surface area contributed by atoms with Crippen molar-refractivity contribution in [1.82, 2.24) is 9.97 Å². The lowest BCUT2D eigenvalue weighted by Crippen LogP contribution is -2.14. The van der Waals surface area contributed by atoms with E-state index < -0.39 is 12.2 Å². The summed E-state index contributed by atoms with van der Waals surface area (Å²) < 4.78 is 39.4. The lowest BCUT2D eigenvalue weighted by Gasteiger charge is -2.19. The Labute approximate surface area is 157 Å². The first-order valence-corrected chi connectivity index (χ1v) is 9.33. The van der Waals surface area contributed by atoms with Crippen LogP contribution in [-0.4, -0.2) is 23.2 Å². The first kappa shape index (κ1) is 18.3.